The second kappa shape index (κ2) is 6.15. The predicted molar refractivity (Wildman–Crippen MR) is 91.8 cm³/mol. The Kier molecular flexibility index (Phi) is 3.99. The predicted octanol–water partition coefficient (Wildman–Crippen LogP) is -0.967. The van der Waals surface area contributed by atoms with Crippen molar-refractivity contribution >= 4 is 11.9 Å². The molecule has 24 heavy (non-hydrogen) atoms. The average Bonchev–Trinajstić information content (AvgIpc) is 3.26. The molecule has 9 nitrogen and oxygen atoms in total. The van der Waals surface area contributed by atoms with Crippen molar-refractivity contribution in [2.24, 2.45) is 16.5 Å². The van der Waals surface area contributed by atoms with Crippen molar-refractivity contribution in [3.8, 4) is 0 Å². The SMILES string of the molecule is NC1=NC(N)(c2cnc(N3CCC(N4CCCC4)CC3)nc2)NN1. The molecule has 3 aliphatic rings. The fraction of sp³-hybridized carbons (Fsp3) is 0.667. The molecule has 0 amide bonds. The zero-order valence-corrected chi connectivity index (χ0v) is 13.8. The lowest BCUT2D eigenvalue weighted by Crippen LogP contribution is -2.50. The van der Waals surface area contributed by atoms with Crippen LogP contribution in [-0.4, -0.2) is 53.0 Å². The van der Waals surface area contributed by atoms with E-state index in [-0.39, 0.29) is 5.96 Å². The molecule has 9 heteroatoms. The molecule has 1 aromatic rings. The number of piperidine rings is 1. The summed E-state index contributed by atoms with van der Waals surface area (Å²) in [7, 11) is 0. The van der Waals surface area contributed by atoms with Gasteiger partial charge < -0.3 is 15.5 Å². The van der Waals surface area contributed by atoms with Crippen LogP contribution in [0.15, 0.2) is 17.4 Å². The van der Waals surface area contributed by atoms with Gasteiger partial charge in [-0.1, -0.05) is 0 Å². The molecule has 130 valence electrons. The molecule has 0 saturated carbocycles. The van der Waals surface area contributed by atoms with Gasteiger partial charge in [-0.25, -0.2) is 15.0 Å². The van der Waals surface area contributed by atoms with Gasteiger partial charge in [-0.2, -0.15) is 5.43 Å². The highest BCUT2D eigenvalue weighted by molar-refractivity contribution is 5.79. The van der Waals surface area contributed by atoms with Crippen LogP contribution in [-0.2, 0) is 5.79 Å². The summed E-state index contributed by atoms with van der Waals surface area (Å²) >= 11 is 0. The van der Waals surface area contributed by atoms with Crippen molar-refractivity contribution in [3.05, 3.63) is 18.0 Å². The zero-order chi connectivity index (χ0) is 16.6. The number of hydrogen-bond acceptors (Lipinski definition) is 9. The van der Waals surface area contributed by atoms with E-state index < -0.39 is 5.79 Å². The van der Waals surface area contributed by atoms with E-state index in [1.807, 2.05) is 0 Å². The molecule has 6 N–H and O–H groups in total. The van der Waals surface area contributed by atoms with Crippen LogP contribution < -0.4 is 27.2 Å². The summed E-state index contributed by atoms with van der Waals surface area (Å²) in [5, 5.41) is 0. The molecule has 4 heterocycles. The lowest BCUT2D eigenvalue weighted by molar-refractivity contribution is 0.207. The third-order valence-electron chi connectivity index (χ3n) is 5.16. The first-order valence-corrected chi connectivity index (χ1v) is 8.63. The smallest absolute Gasteiger partial charge is 0.225 e. The standard InChI is InChI=1S/C15H25N9/c16-13-20-15(17,22-21-13)11-9-18-14(19-10-11)24-7-3-12(4-8-24)23-5-1-2-6-23/h9-10,12,22H,1-8,17H2,(H3,16,20,21). The van der Waals surface area contributed by atoms with E-state index in [9.17, 15) is 0 Å². The Morgan fingerprint density at radius 1 is 1.08 bits per heavy atom. The molecular formula is C15H25N9. The van der Waals surface area contributed by atoms with E-state index in [1.54, 1.807) is 12.4 Å². The van der Waals surface area contributed by atoms with Gasteiger partial charge in [0.25, 0.3) is 0 Å². The molecule has 0 aliphatic carbocycles. The van der Waals surface area contributed by atoms with Crippen molar-refractivity contribution in [2.75, 3.05) is 31.1 Å². The molecule has 0 radical (unpaired) electrons. The zero-order valence-electron chi connectivity index (χ0n) is 13.8. The fourth-order valence-corrected chi connectivity index (χ4v) is 3.76. The molecule has 1 unspecified atom stereocenters. The van der Waals surface area contributed by atoms with Crippen molar-refractivity contribution in [2.45, 2.75) is 37.5 Å². The Balaban J connectivity index is 1.39. The molecule has 1 aromatic heterocycles. The summed E-state index contributed by atoms with van der Waals surface area (Å²) in [6.07, 6.45) is 8.48. The van der Waals surface area contributed by atoms with Crippen LogP contribution in [0.1, 0.15) is 31.2 Å². The van der Waals surface area contributed by atoms with Crippen LogP contribution in [0.25, 0.3) is 0 Å². The van der Waals surface area contributed by atoms with Crippen LogP contribution in [0.3, 0.4) is 0 Å². The van der Waals surface area contributed by atoms with E-state index in [0.717, 1.165) is 25.1 Å². The lowest BCUT2D eigenvalue weighted by atomic mass is 10.0. The maximum Gasteiger partial charge on any atom is 0.225 e. The van der Waals surface area contributed by atoms with Crippen molar-refractivity contribution in [1.82, 2.24) is 25.7 Å². The number of hydrogen-bond donors (Lipinski definition) is 4. The minimum absolute atomic E-state index is 0.255. The van der Waals surface area contributed by atoms with E-state index in [1.165, 1.54) is 38.8 Å². The summed E-state index contributed by atoms with van der Waals surface area (Å²) < 4.78 is 0. The Bertz CT molecular complexity index is 602. The first-order chi connectivity index (χ1) is 11.6. The van der Waals surface area contributed by atoms with Gasteiger partial charge >= 0.3 is 0 Å². The summed E-state index contributed by atoms with van der Waals surface area (Å²) in [5.74, 6) is -0.0959. The van der Waals surface area contributed by atoms with Crippen LogP contribution in [0, 0.1) is 0 Å². The number of nitrogens with zero attached hydrogens (tertiary/aromatic N) is 5. The largest absolute Gasteiger partial charge is 0.369 e. The highest BCUT2D eigenvalue weighted by Gasteiger charge is 2.33. The van der Waals surface area contributed by atoms with Gasteiger partial charge in [0.15, 0.2) is 0 Å². The van der Waals surface area contributed by atoms with Crippen LogP contribution in [0.4, 0.5) is 5.95 Å². The van der Waals surface area contributed by atoms with Crippen LogP contribution >= 0.6 is 0 Å². The van der Waals surface area contributed by atoms with Crippen molar-refractivity contribution in [1.29, 1.82) is 0 Å². The number of anilines is 1. The molecule has 0 aromatic carbocycles. The number of nitrogens with one attached hydrogen (secondary N) is 2. The van der Waals surface area contributed by atoms with Gasteiger partial charge in [-0.05, 0) is 38.8 Å². The van der Waals surface area contributed by atoms with Gasteiger partial charge in [0.2, 0.25) is 17.7 Å². The summed E-state index contributed by atoms with van der Waals surface area (Å²) in [6, 6.07) is 0.724. The van der Waals surface area contributed by atoms with E-state index in [0.29, 0.717) is 5.56 Å². The first kappa shape index (κ1) is 15.6. The maximum atomic E-state index is 6.15. The Labute approximate surface area is 141 Å². The Morgan fingerprint density at radius 3 is 2.33 bits per heavy atom. The van der Waals surface area contributed by atoms with Crippen LogP contribution in [0.5, 0.6) is 0 Å². The number of guanidine groups is 1. The molecule has 2 fully saturated rings. The molecule has 4 rings (SSSR count). The number of hydrazine groups is 1. The van der Waals surface area contributed by atoms with E-state index >= 15 is 0 Å². The van der Waals surface area contributed by atoms with Crippen LogP contribution in [0.2, 0.25) is 0 Å². The van der Waals surface area contributed by atoms with Gasteiger partial charge in [0, 0.05) is 37.1 Å². The maximum absolute atomic E-state index is 6.15. The second-order valence-electron chi connectivity index (χ2n) is 6.75. The van der Waals surface area contributed by atoms with Gasteiger partial charge in [-0.3, -0.25) is 11.2 Å². The second-order valence-corrected chi connectivity index (χ2v) is 6.75. The minimum Gasteiger partial charge on any atom is -0.369 e. The monoisotopic (exact) mass is 331 g/mol. The minimum atomic E-state index is -1.11. The van der Waals surface area contributed by atoms with E-state index in [4.69, 9.17) is 11.5 Å². The number of likely N-dealkylation sites (tertiary alicyclic amines) is 1. The van der Waals surface area contributed by atoms with Crippen molar-refractivity contribution < 1.29 is 0 Å². The molecule has 2 saturated heterocycles. The average molecular weight is 331 g/mol. The topological polar surface area (TPSA) is 121 Å². The number of aliphatic imine (C=N–C) groups is 1. The normalized spacial score (nSPS) is 28.9. The molecule has 0 bridgehead atoms. The quantitative estimate of drug-likeness (QED) is 0.558. The Morgan fingerprint density at radius 2 is 1.75 bits per heavy atom. The van der Waals surface area contributed by atoms with Crippen molar-refractivity contribution in [3.63, 3.8) is 0 Å². The van der Waals surface area contributed by atoms with Gasteiger partial charge in [0.05, 0.1) is 0 Å². The molecule has 0 spiro atoms. The number of rotatable bonds is 3. The van der Waals surface area contributed by atoms with Gasteiger partial charge in [0.1, 0.15) is 0 Å². The molecule has 3 aliphatic heterocycles. The molecular weight excluding hydrogens is 306 g/mol. The van der Waals surface area contributed by atoms with E-state index in [2.05, 4.69) is 35.6 Å². The summed E-state index contributed by atoms with van der Waals surface area (Å²) in [6.45, 7) is 4.52. The van der Waals surface area contributed by atoms with Gasteiger partial charge in [-0.15, -0.1) is 0 Å². The highest BCUT2D eigenvalue weighted by atomic mass is 15.6. The third-order valence-corrected chi connectivity index (χ3v) is 5.16. The summed E-state index contributed by atoms with van der Waals surface area (Å²) in [5.41, 5.74) is 18.0. The lowest BCUT2D eigenvalue weighted by Gasteiger charge is -2.36. The highest BCUT2D eigenvalue weighted by Crippen LogP contribution is 2.24. The summed E-state index contributed by atoms with van der Waals surface area (Å²) in [4.78, 5) is 18.0. The number of nitrogens with two attached hydrogens (primary N) is 2. The first-order valence-electron chi connectivity index (χ1n) is 8.63. The third kappa shape index (κ3) is 2.90. The fourth-order valence-electron chi connectivity index (χ4n) is 3.76. The number of aromatic nitrogens is 2. The Hall–Kier alpha value is -1.97. The molecule has 1 atom stereocenters.